The van der Waals surface area contributed by atoms with Gasteiger partial charge in [0.15, 0.2) is 0 Å². The summed E-state index contributed by atoms with van der Waals surface area (Å²) in [6.07, 6.45) is 5.06. The molecule has 1 atom stereocenters. The third kappa shape index (κ3) is 4.67. The largest absolute Gasteiger partial charge is 0.318 e. The van der Waals surface area contributed by atoms with Crippen molar-refractivity contribution < 1.29 is 0 Å². The van der Waals surface area contributed by atoms with Gasteiger partial charge in [0.1, 0.15) is 5.82 Å². The molecule has 0 aliphatic heterocycles. The van der Waals surface area contributed by atoms with Crippen LogP contribution in [-0.2, 0) is 0 Å². The molecule has 0 aliphatic carbocycles. The molecule has 0 spiro atoms. The van der Waals surface area contributed by atoms with Crippen LogP contribution in [0, 0.1) is 18.3 Å². The van der Waals surface area contributed by atoms with E-state index in [1.807, 2.05) is 26.8 Å². The Morgan fingerprint density at radius 2 is 1.94 bits per heavy atom. The molecule has 1 rings (SSSR count). The molecular formula is C12H18N4. The number of hydrogen-bond donors (Lipinski definition) is 1. The van der Waals surface area contributed by atoms with Crippen LogP contribution in [-0.4, -0.2) is 9.97 Å². The van der Waals surface area contributed by atoms with Gasteiger partial charge >= 0.3 is 0 Å². The highest BCUT2D eigenvalue weighted by molar-refractivity contribution is 5.22. The van der Waals surface area contributed by atoms with Gasteiger partial charge in [0.2, 0.25) is 0 Å². The Balaban J connectivity index is 0.00000106. The van der Waals surface area contributed by atoms with Crippen LogP contribution in [0.5, 0.6) is 0 Å². The smallest absolute Gasteiger partial charge is 0.148 e. The summed E-state index contributed by atoms with van der Waals surface area (Å²) in [5.41, 5.74) is 7.33. The van der Waals surface area contributed by atoms with E-state index in [9.17, 15) is 0 Å². The maximum absolute atomic E-state index is 8.56. The van der Waals surface area contributed by atoms with Crippen LogP contribution >= 0.6 is 0 Å². The first-order chi connectivity index (χ1) is 7.63. The predicted molar refractivity (Wildman–Crippen MR) is 64.4 cm³/mol. The normalized spacial score (nSPS) is 12.1. The maximum Gasteiger partial charge on any atom is 0.148 e. The highest BCUT2D eigenvalue weighted by Crippen LogP contribution is 2.07. The second-order valence-corrected chi connectivity index (χ2v) is 3.11. The van der Waals surface area contributed by atoms with Gasteiger partial charge in [-0.15, -0.1) is 0 Å². The molecule has 0 aliphatic rings. The predicted octanol–water partition coefficient (Wildman–Crippen LogP) is 2.28. The van der Waals surface area contributed by atoms with Crippen molar-refractivity contribution in [1.82, 2.24) is 9.97 Å². The maximum atomic E-state index is 8.56. The van der Waals surface area contributed by atoms with Gasteiger partial charge < -0.3 is 5.73 Å². The van der Waals surface area contributed by atoms with E-state index in [-0.39, 0.29) is 0 Å². The van der Waals surface area contributed by atoms with Crippen molar-refractivity contribution in [2.75, 3.05) is 0 Å². The molecular weight excluding hydrogens is 200 g/mol. The van der Waals surface area contributed by atoms with Crippen molar-refractivity contribution in [3.05, 3.63) is 35.4 Å². The van der Waals surface area contributed by atoms with Crippen LogP contribution in [0.2, 0.25) is 0 Å². The average Bonchev–Trinajstić information content (AvgIpc) is 2.32. The molecule has 0 saturated carbocycles. The lowest BCUT2D eigenvalue weighted by Crippen LogP contribution is -2.11. The molecule has 1 aromatic rings. The average molecular weight is 218 g/mol. The summed E-state index contributed by atoms with van der Waals surface area (Å²) in [4.78, 5) is 8.15. The van der Waals surface area contributed by atoms with Crippen LogP contribution in [0.1, 0.15) is 38.2 Å². The van der Waals surface area contributed by atoms with Crippen LogP contribution in [0.3, 0.4) is 0 Å². The second kappa shape index (κ2) is 7.55. The lowest BCUT2D eigenvalue weighted by Gasteiger charge is -2.04. The number of aromatic nitrogens is 2. The van der Waals surface area contributed by atoms with Gasteiger partial charge in [0, 0.05) is 18.0 Å². The molecule has 0 amide bonds. The molecule has 0 radical (unpaired) electrons. The van der Waals surface area contributed by atoms with Crippen molar-refractivity contribution in [1.29, 1.82) is 5.26 Å². The molecule has 4 nitrogen and oxygen atoms in total. The molecule has 1 unspecified atom stereocenters. The highest BCUT2D eigenvalue weighted by Gasteiger charge is 2.05. The first-order valence-electron chi connectivity index (χ1n) is 5.26. The van der Waals surface area contributed by atoms with E-state index in [1.165, 1.54) is 0 Å². The van der Waals surface area contributed by atoms with Gasteiger partial charge in [-0.1, -0.05) is 13.8 Å². The zero-order valence-corrected chi connectivity index (χ0v) is 10.2. The zero-order valence-electron chi connectivity index (χ0n) is 10.2. The van der Waals surface area contributed by atoms with Crippen molar-refractivity contribution in [3.8, 4) is 6.07 Å². The van der Waals surface area contributed by atoms with Gasteiger partial charge in [0.25, 0.3) is 0 Å². The Bertz CT molecular complexity index is 373. The van der Waals surface area contributed by atoms with E-state index >= 15 is 0 Å². The van der Waals surface area contributed by atoms with Crippen molar-refractivity contribution in [3.63, 3.8) is 0 Å². The molecule has 86 valence electrons. The molecule has 0 fully saturated rings. The summed E-state index contributed by atoms with van der Waals surface area (Å²) in [6.45, 7) is 7.61. The fourth-order valence-electron chi connectivity index (χ4n) is 0.956. The van der Waals surface area contributed by atoms with Gasteiger partial charge in [-0.25, -0.2) is 9.97 Å². The van der Waals surface area contributed by atoms with E-state index in [1.54, 1.807) is 25.4 Å². The molecule has 0 saturated heterocycles. The summed E-state index contributed by atoms with van der Waals surface area (Å²) in [6, 6.07) is 1.60. The van der Waals surface area contributed by atoms with Crippen molar-refractivity contribution in [2.24, 2.45) is 5.73 Å². The number of allylic oxidation sites excluding steroid dienone is 1. The minimum absolute atomic E-state index is 0.407. The fraction of sp³-hybridized carbons (Fsp3) is 0.417. The van der Waals surface area contributed by atoms with E-state index in [2.05, 4.69) is 9.97 Å². The van der Waals surface area contributed by atoms with Gasteiger partial charge in [-0.2, -0.15) is 5.26 Å². The van der Waals surface area contributed by atoms with E-state index in [0.717, 1.165) is 5.56 Å². The number of nitrogens with two attached hydrogens (primary N) is 1. The van der Waals surface area contributed by atoms with E-state index in [0.29, 0.717) is 11.4 Å². The van der Waals surface area contributed by atoms with Crippen LogP contribution in [0.15, 0.2) is 24.0 Å². The third-order valence-corrected chi connectivity index (χ3v) is 1.70. The van der Waals surface area contributed by atoms with Crippen LogP contribution in [0.4, 0.5) is 0 Å². The van der Waals surface area contributed by atoms with Gasteiger partial charge in [0.05, 0.1) is 12.1 Å². The molecule has 4 heteroatoms. The van der Waals surface area contributed by atoms with E-state index in [4.69, 9.17) is 11.0 Å². The Hall–Kier alpha value is -1.73. The Labute approximate surface area is 96.8 Å². The lowest BCUT2D eigenvalue weighted by molar-refractivity contribution is 0.799. The van der Waals surface area contributed by atoms with Gasteiger partial charge in [-0.3, -0.25) is 0 Å². The molecule has 1 heterocycles. The Morgan fingerprint density at radius 3 is 2.38 bits per heavy atom. The molecule has 2 N–H and O–H groups in total. The van der Waals surface area contributed by atoms with E-state index < -0.39 is 6.04 Å². The van der Waals surface area contributed by atoms with Crippen molar-refractivity contribution >= 4 is 0 Å². The SMILES string of the molecule is CC.CC(C#N)=CC(N)c1ncc(C)cn1. The fourth-order valence-corrected chi connectivity index (χ4v) is 0.956. The summed E-state index contributed by atoms with van der Waals surface area (Å²) >= 11 is 0. The second-order valence-electron chi connectivity index (χ2n) is 3.11. The monoisotopic (exact) mass is 218 g/mol. The standard InChI is InChI=1S/C10H12N4.C2H6/c1-7(4-11)3-9(12)10-13-5-8(2)6-14-10;1-2/h3,5-6,9H,12H2,1-2H3;1-2H3. The minimum atomic E-state index is -0.407. The van der Waals surface area contributed by atoms with Crippen molar-refractivity contribution in [2.45, 2.75) is 33.7 Å². The molecule has 16 heavy (non-hydrogen) atoms. The molecule has 0 bridgehead atoms. The third-order valence-electron chi connectivity index (χ3n) is 1.70. The van der Waals surface area contributed by atoms with Crippen LogP contribution in [0.25, 0.3) is 0 Å². The number of nitriles is 1. The zero-order chi connectivity index (χ0) is 12.6. The van der Waals surface area contributed by atoms with Gasteiger partial charge in [-0.05, 0) is 25.5 Å². The Morgan fingerprint density at radius 1 is 1.44 bits per heavy atom. The lowest BCUT2D eigenvalue weighted by atomic mass is 10.2. The first kappa shape index (κ1) is 14.3. The summed E-state index contributed by atoms with van der Waals surface area (Å²) in [5.74, 6) is 0.533. The van der Waals surface area contributed by atoms with Crippen LogP contribution < -0.4 is 5.73 Å². The number of aryl methyl sites for hydroxylation is 1. The topological polar surface area (TPSA) is 75.6 Å². The highest BCUT2D eigenvalue weighted by atomic mass is 14.9. The number of hydrogen-bond acceptors (Lipinski definition) is 4. The molecule has 0 aromatic carbocycles. The molecule has 1 aromatic heterocycles. The summed E-state index contributed by atoms with van der Waals surface area (Å²) in [7, 11) is 0. The number of rotatable bonds is 2. The Kier molecular flexibility index (Phi) is 6.73. The first-order valence-corrected chi connectivity index (χ1v) is 5.26. The quantitative estimate of drug-likeness (QED) is 0.773. The number of nitrogens with zero attached hydrogens (tertiary/aromatic N) is 3. The summed E-state index contributed by atoms with van der Waals surface area (Å²) < 4.78 is 0. The summed E-state index contributed by atoms with van der Waals surface area (Å²) in [5, 5.41) is 8.56. The minimum Gasteiger partial charge on any atom is -0.318 e.